The van der Waals surface area contributed by atoms with E-state index in [1.807, 2.05) is 62.4 Å². The topological polar surface area (TPSA) is 58.6 Å². The number of nitrogens with zero attached hydrogens (tertiary/aromatic N) is 2. The van der Waals surface area contributed by atoms with Crippen LogP contribution in [0.15, 0.2) is 66.9 Å². The van der Waals surface area contributed by atoms with Crippen LogP contribution in [0, 0.1) is 13.8 Å². The van der Waals surface area contributed by atoms with Gasteiger partial charge in [0.05, 0.1) is 10.2 Å². The molecule has 0 radical (unpaired) electrons. The largest absolute Gasteiger partial charge is 0.506 e. The van der Waals surface area contributed by atoms with E-state index in [2.05, 4.69) is 41.8 Å². The molecule has 1 N–H and O–H groups in total. The van der Waals surface area contributed by atoms with Gasteiger partial charge in [-0.3, -0.25) is 4.99 Å². The third-order valence-corrected chi connectivity index (χ3v) is 6.03. The molecule has 0 fully saturated rings. The van der Waals surface area contributed by atoms with Crippen molar-refractivity contribution in [3.63, 3.8) is 0 Å². The number of halogens is 2. The fourth-order valence-electron chi connectivity index (χ4n) is 2.87. The van der Waals surface area contributed by atoms with E-state index in [1.54, 1.807) is 6.21 Å². The van der Waals surface area contributed by atoms with Gasteiger partial charge in [0.15, 0.2) is 5.58 Å². The molecule has 1 heterocycles. The monoisotopic (exact) mass is 498 g/mol. The van der Waals surface area contributed by atoms with E-state index in [4.69, 9.17) is 4.42 Å². The number of phenolic OH excluding ortho intramolecular Hbond substituents is 1. The van der Waals surface area contributed by atoms with Crippen LogP contribution in [0.1, 0.15) is 16.7 Å². The molecule has 6 heteroatoms. The maximum Gasteiger partial charge on any atom is 0.227 e. The molecular formula is C22H16Br2N2O2. The second kappa shape index (κ2) is 7.53. The molecule has 0 aliphatic carbocycles. The molecule has 28 heavy (non-hydrogen) atoms. The van der Waals surface area contributed by atoms with E-state index < -0.39 is 0 Å². The third kappa shape index (κ3) is 3.62. The number of aliphatic imine (C=N–C) groups is 1. The summed E-state index contributed by atoms with van der Waals surface area (Å²) in [6, 6.07) is 15.3. The van der Waals surface area contributed by atoms with Gasteiger partial charge < -0.3 is 9.52 Å². The maximum atomic E-state index is 10.3. The molecule has 0 amide bonds. The van der Waals surface area contributed by atoms with Gasteiger partial charge in [0.2, 0.25) is 5.89 Å². The zero-order chi connectivity index (χ0) is 19.8. The Kier molecular flexibility index (Phi) is 5.08. The van der Waals surface area contributed by atoms with Crippen molar-refractivity contribution in [2.24, 2.45) is 4.99 Å². The SMILES string of the molecule is Cc1cc(C=Nc2ccc3oc(-c4cccc(Br)c4)nc3c2)c(O)c(Br)c1C. The number of rotatable bonds is 3. The second-order valence-electron chi connectivity index (χ2n) is 6.51. The van der Waals surface area contributed by atoms with Crippen molar-refractivity contribution in [3.8, 4) is 17.2 Å². The summed E-state index contributed by atoms with van der Waals surface area (Å²) in [7, 11) is 0. The molecular weight excluding hydrogens is 484 g/mol. The summed E-state index contributed by atoms with van der Waals surface area (Å²) in [5.41, 5.74) is 5.82. The second-order valence-corrected chi connectivity index (χ2v) is 8.22. The van der Waals surface area contributed by atoms with Crippen LogP contribution in [0.3, 0.4) is 0 Å². The lowest BCUT2D eigenvalue weighted by Crippen LogP contribution is -1.90. The highest BCUT2D eigenvalue weighted by Gasteiger charge is 2.11. The van der Waals surface area contributed by atoms with Gasteiger partial charge in [-0.15, -0.1) is 0 Å². The number of oxazole rings is 1. The minimum Gasteiger partial charge on any atom is -0.506 e. The molecule has 0 aliphatic rings. The lowest BCUT2D eigenvalue weighted by Gasteiger charge is -2.08. The number of aryl methyl sites for hydroxylation is 1. The van der Waals surface area contributed by atoms with Crippen molar-refractivity contribution in [3.05, 3.63) is 74.2 Å². The lowest BCUT2D eigenvalue weighted by atomic mass is 10.1. The molecule has 0 bridgehead atoms. The van der Waals surface area contributed by atoms with Crippen LogP contribution in [-0.4, -0.2) is 16.3 Å². The Morgan fingerprint density at radius 3 is 2.68 bits per heavy atom. The zero-order valence-corrected chi connectivity index (χ0v) is 18.4. The highest BCUT2D eigenvalue weighted by atomic mass is 79.9. The van der Waals surface area contributed by atoms with Gasteiger partial charge in [-0.2, -0.15) is 0 Å². The Morgan fingerprint density at radius 1 is 1.07 bits per heavy atom. The van der Waals surface area contributed by atoms with Gasteiger partial charge in [0.1, 0.15) is 11.3 Å². The Bertz CT molecular complexity index is 1230. The van der Waals surface area contributed by atoms with Gasteiger partial charge in [-0.05, 0) is 83.4 Å². The molecule has 3 aromatic carbocycles. The van der Waals surface area contributed by atoms with Crippen molar-refractivity contribution in [2.75, 3.05) is 0 Å². The van der Waals surface area contributed by atoms with Crippen LogP contribution in [0.2, 0.25) is 0 Å². The van der Waals surface area contributed by atoms with E-state index in [0.29, 0.717) is 21.5 Å². The number of aromatic nitrogens is 1. The predicted molar refractivity (Wildman–Crippen MR) is 120 cm³/mol. The number of fused-ring (bicyclic) bond motifs is 1. The van der Waals surface area contributed by atoms with Gasteiger partial charge in [0.25, 0.3) is 0 Å². The standard InChI is InChI=1S/C22H16Br2N2O2/c1-12-8-15(21(27)20(24)13(12)2)11-25-17-6-7-19-18(10-17)26-22(28-19)14-4-3-5-16(23)9-14/h3-11,27H,1-2H3. The Labute approximate surface area is 179 Å². The average Bonchev–Trinajstić information content (AvgIpc) is 3.11. The highest BCUT2D eigenvalue weighted by Crippen LogP contribution is 2.33. The van der Waals surface area contributed by atoms with Crippen molar-refractivity contribution in [1.82, 2.24) is 4.98 Å². The summed E-state index contributed by atoms with van der Waals surface area (Å²) in [5.74, 6) is 0.750. The normalized spacial score (nSPS) is 11.6. The minimum atomic E-state index is 0.186. The number of phenols is 1. The molecule has 0 unspecified atom stereocenters. The zero-order valence-electron chi connectivity index (χ0n) is 15.2. The molecule has 0 saturated heterocycles. The van der Waals surface area contributed by atoms with Crippen LogP contribution in [0.4, 0.5) is 5.69 Å². The smallest absolute Gasteiger partial charge is 0.227 e. The summed E-state index contributed by atoms with van der Waals surface area (Å²) in [6.07, 6.45) is 1.66. The molecule has 4 nitrogen and oxygen atoms in total. The number of hydrogen-bond donors (Lipinski definition) is 1. The highest BCUT2D eigenvalue weighted by molar-refractivity contribution is 9.10. The lowest BCUT2D eigenvalue weighted by molar-refractivity contribution is 0.470. The molecule has 0 aliphatic heterocycles. The van der Waals surface area contributed by atoms with E-state index in [1.165, 1.54) is 0 Å². The van der Waals surface area contributed by atoms with Crippen LogP contribution < -0.4 is 0 Å². The summed E-state index contributed by atoms with van der Waals surface area (Å²) in [6.45, 7) is 3.96. The molecule has 4 rings (SSSR count). The first kappa shape index (κ1) is 18.9. The van der Waals surface area contributed by atoms with E-state index in [9.17, 15) is 5.11 Å². The number of hydrogen-bond acceptors (Lipinski definition) is 4. The van der Waals surface area contributed by atoms with E-state index >= 15 is 0 Å². The Morgan fingerprint density at radius 2 is 1.89 bits per heavy atom. The number of benzene rings is 3. The summed E-state index contributed by atoms with van der Waals surface area (Å²) < 4.78 is 7.52. The first-order valence-electron chi connectivity index (χ1n) is 8.61. The van der Waals surface area contributed by atoms with Crippen LogP contribution in [-0.2, 0) is 0 Å². The molecule has 140 valence electrons. The van der Waals surface area contributed by atoms with Crippen molar-refractivity contribution >= 4 is 54.9 Å². The first-order valence-corrected chi connectivity index (χ1v) is 10.2. The quantitative estimate of drug-likeness (QED) is 0.306. The van der Waals surface area contributed by atoms with E-state index in [-0.39, 0.29) is 5.75 Å². The molecule has 0 atom stereocenters. The third-order valence-electron chi connectivity index (χ3n) is 4.57. The summed E-state index contributed by atoms with van der Waals surface area (Å²) in [5, 5.41) is 10.3. The minimum absolute atomic E-state index is 0.186. The fraction of sp³-hybridized carbons (Fsp3) is 0.0909. The summed E-state index contributed by atoms with van der Waals surface area (Å²) in [4.78, 5) is 9.08. The number of aromatic hydroxyl groups is 1. The van der Waals surface area contributed by atoms with Crippen molar-refractivity contribution in [2.45, 2.75) is 13.8 Å². The Balaban J connectivity index is 1.68. The van der Waals surface area contributed by atoms with Gasteiger partial charge in [0, 0.05) is 21.8 Å². The first-order chi connectivity index (χ1) is 13.4. The average molecular weight is 500 g/mol. The van der Waals surface area contributed by atoms with E-state index in [0.717, 1.165) is 32.4 Å². The molecule has 0 saturated carbocycles. The van der Waals surface area contributed by atoms with Crippen molar-refractivity contribution in [1.29, 1.82) is 0 Å². The van der Waals surface area contributed by atoms with Gasteiger partial charge >= 0.3 is 0 Å². The van der Waals surface area contributed by atoms with Gasteiger partial charge in [-0.25, -0.2) is 4.98 Å². The van der Waals surface area contributed by atoms with Crippen molar-refractivity contribution < 1.29 is 9.52 Å². The summed E-state index contributed by atoms with van der Waals surface area (Å²) >= 11 is 6.90. The van der Waals surface area contributed by atoms with Crippen LogP contribution >= 0.6 is 31.9 Å². The predicted octanol–water partition coefficient (Wildman–Crippen LogP) is 7.09. The van der Waals surface area contributed by atoms with Crippen LogP contribution in [0.5, 0.6) is 5.75 Å². The molecule has 4 aromatic rings. The molecule has 1 aromatic heterocycles. The maximum absolute atomic E-state index is 10.3. The Hall–Kier alpha value is -2.44. The molecule has 0 spiro atoms. The van der Waals surface area contributed by atoms with Crippen LogP contribution in [0.25, 0.3) is 22.6 Å². The fourth-order valence-corrected chi connectivity index (χ4v) is 3.81. The van der Waals surface area contributed by atoms with Gasteiger partial charge in [-0.1, -0.05) is 22.0 Å².